The van der Waals surface area contributed by atoms with Crippen LogP contribution in [0, 0.1) is 0 Å². The number of carbonyl (C=O) groups excluding carboxylic acids is 3. The second kappa shape index (κ2) is 14.2. The molecule has 0 unspecified atom stereocenters. The smallest absolute Gasteiger partial charge is 0.306 e. The third-order valence-corrected chi connectivity index (χ3v) is 9.89. The number of ether oxygens (including phenoxy) is 5. The van der Waals surface area contributed by atoms with Crippen molar-refractivity contribution in [3.8, 4) is 11.5 Å². The number of fused-ring (bicyclic) bond motifs is 2. The van der Waals surface area contributed by atoms with Crippen LogP contribution in [0.15, 0.2) is 36.4 Å². The number of aliphatic hydroxyl groups excluding tert-OH is 1. The Bertz CT molecular complexity index is 1750. The van der Waals surface area contributed by atoms with Gasteiger partial charge in [0.15, 0.2) is 29.9 Å². The van der Waals surface area contributed by atoms with E-state index in [-0.39, 0.29) is 64.2 Å². The van der Waals surface area contributed by atoms with Crippen LogP contribution in [0.1, 0.15) is 102 Å². The van der Waals surface area contributed by atoms with Gasteiger partial charge in [0.05, 0.1) is 53.7 Å². The molecule has 5 N–H and O–H groups in total. The van der Waals surface area contributed by atoms with E-state index < -0.39 is 84.2 Å². The Morgan fingerprint density at radius 1 is 0.902 bits per heavy atom. The highest BCUT2D eigenvalue weighted by atomic mass is 16.7. The molecule has 0 saturated carbocycles. The lowest BCUT2D eigenvalue weighted by atomic mass is 9.79. The lowest BCUT2D eigenvalue weighted by Gasteiger charge is -2.42. The van der Waals surface area contributed by atoms with Crippen molar-refractivity contribution in [3.05, 3.63) is 69.8 Å². The number of phenols is 2. The zero-order chi connectivity index (χ0) is 36.9. The largest absolute Gasteiger partial charge is 0.507 e. The second-order valence-electron chi connectivity index (χ2n) is 14.0. The van der Waals surface area contributed by atoms with Crippen molar-refractivity contribution in [2.75, 3.05) is 0 Å². The number of aliphatic hydroxyl groups is 2. The molecule has 14 heteroatoms. The lowest BCUT2D eigenvalue weighted by Crippen LogP contribution is -2.50. The first-order chi connectivity index (χ1) is 24.0. The van der Waals surface area contributed by atoms with Gasteiger partial charge >= 0.3 is 5.97 Å². The Morgan fingerprint density at radius 3 is 2.20 bits per heavy atom. The predicted molar refractivity (Wildman–Crippen MR) is 175 cm³/mol. The third kappa shape index (κ3) is 7.35. The summed E-state index contributed by atoms with van der Waals surface area (Å²) in [7, 11) is 0. The number of aliphatic carboxylic acids is 1. The van der Waals surface area contributed by atoms with Crippen LogP contribution in [-0.2, 0) is 39.7 Å². The van der Waals surface area contributed by atoms with Crippen molar-refractivity contribution < 1.29 is 68.4 Å². The number of hydrogen-bond acceptors (Lipinski definition) is 13. The molecule has 2 aromatic rings. The number of carbonyl (C=O) groups is 4. The number of carboxylic acids is 1. The Kier molecular flexibility index (Phi) is 10.2. The van der Waals surface area contributed by atoms with Gasteiger partial charge in [-0.25, -0.2) is 0 Å². The average Bonchev–Trinajstić information content (AvgIpc) is 3.04. The maximum absolute atomic E-state index is 13.7. The number of hydrogen-bond donors (Lipinski definition) is 5. The molecule has 4 aliphatic rings. The summed E-state index contributed by atoms with van der Waals surface area (Å²) in [6.45, 7) is 6.50. The van der Waals surface area contributed by atoms with E-state index in [1.165, 1.54) is 37.3 Å². The quantitative estimate of drug-likeness (QED) is 0.216. The van der Waals surface area contributed by atoms with Crippen molar-refractivity contribution in [1.29, 1.82) is 0 Å². The molecule has 10 atom stereocenters. The molecule has 0 amide bonds. The van der Waals surface area contributed by atoms with Crippen LogP contribution < -0.4 is 0 Å². The van der Waals surface area contributed by atoms with Crippen molar-refractivity contribution >= 4 is 23.3 Å². The van der Waals surface area contributed by atoms with E-state index in [1.54, 1.807) is 19.9 Å². The molecule has 51 heavy (non-hydrogen) atoms. The average molecular weight is 711 g/mol. The van der Waals surface area contributed by atoms with Crippen molar-refractivity contribution in [3.63, 3.8) is 0 Å². The first-order valence-electron chi connectivity index (χ1n) is 17.0. The molecule has 0 aromatic heterocycles. The van der Waals surface area contributed by atoms with Gasteiger partial charge in [-0.2, -0.15) is 0 Å². The molecule has 3 heterocycles. The number of rotatable bonds is 9. The van der Waals surface area contributed by atoms with Gasteiger partial charge in [-0.3, -0.25) is 19.2 Å². The number of benzene rings is 2. The standard InChI is InChI=1S/C37H42O14/c1-16-23(38)9-11-28(48-16)50-25-10-12-29(49-17(25)2)51-36-18(3)47-26(13-24(36)39)20-7-8-22-31(33(20)43)35(45)21-6-5-19(32(42)30(21)34(22)44)14-37(4,46)15-27(40)41/h5-9,11,16-18,24-26,28-29,36,39,42-43,46H,10,12-15H2,1-4H3,(H,40,41)/t16-,17-,18+,24+,25-,26+,28-,29-,36+,37+/m0/s1. The minimum atomic E-state index is -1.73. The van der Waals surface area contributed by atoms with Crippen molar-refractivity contribution in [1.82, 2.24) is 0 Å². The molecule has 274 valence electrons. The summed E-state index contributed by atoms with van der Waals surface area (Å²) in [4.78, 5) is 50.1. The molecule has 0 bridgehead atoms. The third-order valence-electron chi connectivity index (χ3n) is 9.89. The summed E-state index contributed by atoms with van der Waals surface area (Å²) in [6.07, 6.45) is -2.83. The van der Waals surface area contributed by atoms with E-state index in [0.29, 0.717) is 12.8 Å². The number of carboxylic acid groups (broad SMARTS) is 1. The molecule has 2 saturated heterocycles. The fraction of sp³-hybridized carbons (Fsp3) is 0.514. The Balaban J connectivity index is 1.12. The molecular formula is C37H42O14. The molecule has 2 aromatic carbocycles. The van der Waals surface area contributed by atoms with Crippen molar-refractivity contribution in [2.45, 2.75) is 121 Å². The van der Waals surface area contributed by atoms with Gasteiger partial charge in [0.2, 0.25) is 0 Å². The van der Waals surface area contributed by atoms with Gasteiger partial charge in [-0.1, -0.05) is 12.1 Å². The van der Waals surface area contributed by atoms with Gasteiger partial charge in [-0.05, 0) is 64.0 Å². The maximum Gasteiger partial charge on any atom is 0.306 e. The predicted octanol–water partition coefficient (Wildman–Crippen LogP) is 3.02. The molecule has 0 spiro atoms. The number of phenolic OH excluding ortho intramolecular Hbond substituents is 2. The van der Waals surface area contributed by atoms with Crippen LogP contribution >= 0.6 is 0 Å². The summed E-state index contributed by atoms with van der Waals surface area (Å²) in [5.74, 6) is -3.86. The Morgan fingerprint density at radius 2 is 1.57 bits per heavy atom. The SMILES string of the molecule is C[C@@H]1O[C@@H](O[C@H]2CC[C@H](O[C@H]3[C@H](O)C[C@H](c4ccc5c(c4O)C(=O)c4ccc(C[C@@](C)(O)CC(=O)O)c(O)c4C5=O)O[C@@H]3C)O[C@H]2C)C=CC1=O. The van der Waals surface area contributed by atoms with Gasteiger partial charge in [-0.15, -0.1) is 0 Å². The highest BCUT2D eigenvalue weighted by molar-refractivity contribution is 6.30. The van der Waals surface area contributed by atoms with Crippen LogP contribution in [0.3, 0.4) is 0 Å². The number of aromatic hydroxyl groups is 2. The Labute approximate surface area is 293 Å². The molecule has 3 aliphatic heterocycles. The first-order valence-corrected chi connectivity index (χ1v) is 17.0. The maximum atomic E-state index is 13.7. The van der Waals surface area contributed by atoms with E-state index >= 15 is 0 Å². The van der Waals surface area contributed by atoms with Gasteiger partial charge in [0.1, 0.15) is 23.7 Å². The lowest BCUT2D eigenvalue weighted by molar-refractivity contribution is -0.292. The summed E-state index contributed by atoms with van der Waals surface area (Å²) in [6, 6.07) is 5.42. The molecule has 6 rings (SSSR count). The molecule has 1 aliphatic carbocycles. The van der Waals surface area contributed by atoms with E-state index in [4.69, 9.17) is 28.8 Å². The summed E-state index contributed by atoms with van der Waals surface area (Å²) in [5, 5.41) is 53.2. The van der Waals surface area contributed by atoms with Crippen LogP contribution in [0.2, 0.25) is 0 Å². The van der Waals surface area contributed by atoms with Crippen LogP contribution in [0.5, 0.6) is 11.5 Å². The van der Waals surface area contributed by atoms with Gasteiger partial charge in [0.25, 0.3) is 0 Å². The fourth-order valence-corrected chi connectivity index (χ4v) is 7.27. The molecule has 2 fully saturated rings. The minimum Gasteiger partial charge on any atom is -0.507 e. The van der Waals surface area contributed by atoms with Crippen LogP contribution in [0.25, 0.3) is 0 Å². The fourth-order valence-electron chi connectivity index (χ4n) is 7.27. The van der Waals surface area contributed by atoms with E-state index in [0.717, 1.165) is 0 Å². The highest BCUT2D eigenvalue weighted by Gasteiger charge is 2.43. The second-order valence-corrected chi connectivity index (χ2v) is 14.0. The van der Waals surface area contributed by atoms with E-state index in [2.05, 4.69) is 0 Å². The topological polar surface area (TPSA) is 216 Å². The summed E-state index contributed by atoms with van der Waals surface area (Å²) >= 11 is 0. The normalized spacial score (nSPS) is 31.9. The van der Waals surface area contributed by atoms with Crippen LogP contribution in [-0.4, -0.2) is 104 Å². The monoisotopic (exact) mass is 710 g/mol. The van der Waals surface area contributed by atoms with E-state index in [1.807, 2.05) is 6.92 Å². The number of ketones is 3. The van der Waals surface area contributed by atoms with E-state index in [9.17, 15) is 39.6 Å². The summed E-state index contributed by atoms with van der Waals surface area (Å²) in [5.41, 5.74) is -2.34. The zero-order valence-corrected chi connectivity index (χ0v) is 28.6. The van der Waals surface area contributed by atoms with Crippen molar-refractivity contribution in [2.24, 2.45) is 0 Å². The molecule has 0 radical (unpaired) electrons. The zero-order valence-electron chi connectivity index (χ0n) is 28.6. The molecular weight excluding hydrogens is 668 g/mol. The minimum absolute atomic E-state index is 0.00321. The van der Waals surface area contributed by atoms with Gasteiger partial charge < -0.3 is 49.2 Å². The summed E-state index contributed by atoms with van der Waals surface area (Å²) < 4.78 is 30.0. The molecule has 14 nitrogen and oxygen atoms in total. The Hall–Kier alpha value is -4.02. The van der Waals surface area contributed by atoms with Gasteiger partial charge in [0, 0.05) is 36.0 Å². The first kappa shape index (κ1) is 36.8. The van der Waals surface area contributed by atoms with Crippen LogP contribution in [0.4, 0.5) is 0 Å². The highest BCUT2D eigenvalue weighted by Crippen LogP contribution is 2.44.